The van der Waals surface area contributed by atoms with Crippen LogP contribution in [0, 0.1) is 17.3 Å². The number of carboxylic acid groups (broad SMARTS) is 1. The molecule has 3 aliphatic heterocycles. The number of nitrogens with zero attached hydrogens (tertiary/aromatic N) is 1. The normalized spacial score (nSPS) is 32.8. The molecule has 0 aliphatic carbocycles. The molecule has 0 unspecified atom stereocenters. The van der Waals surface area contributed by atoms with E-state index in [9.17, 15) is 19.5 Å². The first kappa shape index (κ1) is 20.9. The molecule has 0 aromatic rings. The van der Waals surface area contributed by atoms with Gasteiger partial charge in [0, 0.05) is 18.4 Å². The number of carboxylic acids is 1. The molecule has 28 heavy (non-hydrogen) atoms. The molecule has 2 N–H and O–H groups in total. The predicted octanol–water partition coefficient (Wildman–Crippen LogP) is 2.01. The monoisotopic (exact) mass is 396 g/mol. The lowest BCUT2D eigenvalue weighted by Gasteiger charge is -2.36. The van der Waals surface area contributed by atoms with E-state index in [1.54, 1.807) is 20.8 Å². The number of hydrogen-bond donors (Lipinski definition) is 2. The van der Waals surface area contributed by atoms with E-state index in [1.165, 1.54) is 4.90 Å². The number of rotatable bonds is 3. The molecule has 6 atom stereocenters. The zero-order valence-electron chi connectivity index (χ0n) is 17.5. The quantitative estimate of drug-likeness (QED) is 0.756. The van der Waals surface area contributed by atoms with Crippen LogP contribution in [0.1, 0.15) is 54.4 Å². The third kappa shape index (κ3) is 3.83. The van der Waals surface area contributed by atoms with Gasteiger partial charge in [0.15, 0.2) is 0 Å². The number of amides is 2. The van der Waals surface area contributed by atoms with Gasteiger partial charge in [-0.25, -0.2) is 9.59 Å². The predicted molar refractivity (Wildman–Crippen MR) is 101 cm³/mol. The van der Waals surface area contributed by atoms with E-state index in [1.807, 2.05) is 20.8 Å². The number of ether oxygens (including phenoxy) is 2. The standard InChI is InChI=1S/C20H32N2O6/c1-19(2,3)15(21-18(26)28-20(4,5)6)16(23)22-9-10-11-7-8-12(27-11)13(10)14(22)17(24)25/h10-15H,7-9H2,1-6H3,(H,21,26)(H,24,25)/t10-,11+,12-,13-,14+,15-/m1/s1. The molecule has 2 amide bonds. The molecule has 8 heteroatoms. The van der Waals surface area contributed by atoms with Crippen molar-refractivity contribution in [3.63, 3.8) is 0 Å². The van der Waals surface area contributed by atoms with Crippen molar-refractivity contribution in [3.05, 3.63) is 0 Å². The first-order valence-electron chi connectivity index (χ1n) is 9.98. The number of nitrogens with one attached hydrogen (secondary N) is 1. The summed E-state index contributed by atoms with van der Waals surface area (Å²) >= 11 is 0. The lowest BCUT2D eigenvalue weighted by Crippen LogP contribution is -2.58. The van der Waals surface area contributed by atoms with E-state index in [0.29, 0.717) is 6.54 Å². The van der Waals surface area contributed by atoms with Crippen LogP contribution in [-0.2, 0) is 19.1 Å². The molecule has 0 aromatic heterocycles. The van der Waals surface area contributed by atoms with E-state index >= 15 is 0 Å². The average Bonchev–Trinajstić information content (AvgIpc) is 3.19. The molecule has 0 spiro atoms. The fourth-order valence-electron chi connectivity index (χ4n) is 4.80. The Labute approximate surface area is 165 Å². The van der Waals surface area contributed by atoms with Crippen LogP contribution in [0.4, 0.5) is 4.79 Å². The SMILES string of the molecule is CC(C)(C)OC(=O)N[C@H](C(=O)N1C[C@H]2[C@@H]([C@H]1C(=O)O)[C@H]1CC[C@@H]2O1)C(C)(C)C. The summed E-state index contributed by atoms with van der Waals surface area (Å²) in [5.74, 6) is -1.52. The molecule has 0 saturated carbocycles. The Balaban J connectivity index is 1.82. The zero-order valence-corrected chi connectivity index (χ0v) is 17.5. The Morgan fingerprint density at radius 3 is 2.25 bits per heavy atom. The highest BCUT2D eigenvalue weighted by Crippen LogP contribution is 2.50. The summed E-state index contributed by atoms with van der Waals surface area (Å²) in [6, 6.07) is -1.81. The van der Waals surface area contributed by atoms with Crippen molar-refractivity contribution in [2.75, 3.05) is 6.54 Å². The van der Waals surface area contributed by atoms with E-state index in [0.717, 1.165) is 12.8 Å². The molecule has 3 heterocycles. The maximum Gasteiger partial charge on any atom is 0.408 e. The summed E-state index contributed by atoms with van der Waals surface area (Å²) in [7, 11) is 0. The molecule has 8 nitrogen and oxygen atoms in total. The topological polar surface area (TPSA) is 105 Å². The van der Waals surface area contributed by atoms with Gasteiger partial charge >= 0.3 is 12.1 Å². The van der Waals surface area contributed by atoms with Gasteiger partial charge in [-0.3, -0.25) is 4.79 Å². The fraction of sp³-hybridized carbons (Fsp3) is 0.850. The van der Waals surface area contributed by atoms with Crippen molar-refractivity contribution < 1.29 is 29.0 Å². The van der Waals surface area contributed by atoms with Gasteiger partial charge in [0.2, 0.25) is 5.91 Å². The summed E-state index contributed by atoms with van der Waals surface area (Å²) in [6.45, 7) is 11.1. The lowest BCUT2D eigenvalue weighted by atomic mass is 9.78. The van der Waals surface area contributed by atoms with E-state index in [4.69, 9.17) is 9.47 Å². The van der Waals surface area contributed by atoms with Crippen molar-refractivity contribution in [2.24, 2.45) is 17.3 Å². The molecular weight excluding hydrogens is 364 g/mol. The van der Waals surface area contributed by atoms with Crippen LogP contribution in [0.25, 0.3) is 0 Å². The lowest BCUT2D eigenvalue weighted by molar-refractivity contribution is -0.152. The van der Waals surface area contributed by atoms with Gasteiger partial charge < -0.3 is 24.8 Å². The van der Waals surface area contributed by atoms with E-state index in [2.05, 4.69) is 5.32 Å². The first-order valence-corrected chi connectivity index (χ1v) is 9.98. The van der Waals surface area contributed by atoms with Gasteiger partial charge in [0.1, 0.15) is 17.7 Å². The molecule has 3 saturated heterocycles. The number of fused-ring (bicyclic) bond motifs is 5. The van der Waals surface area contributed by atoms with Crippen molar-refractivity contribution >= 4 is 18.0 Å². The molecule has 158 valence electrons. The van der Waals surface area contributed by atoms with Crippen LogP contribution >= 0.6 is 0 Å². The highest BCUT2D eigenvalue weighted by atomic mass is 16.6. The second kappa shape index (κ2) is 6.90. The number of carbonyl (C=O) groups is 3. The van der Waals surface area contributed by atoms with E-state index in [-0.39, 0.29) is 30.0 Å². The summed E-state index contributed by atoms with van der Waals surface area (Å²) in [6.07, 6.45) is 1.01. The van der Waals surface area contributed by atoms with Gasteiger partial charge in [-0.05, 0) is 39.0 Å². The van der Waals surface area contributed by atoms with Crippen molar-refractivity contribution in [2.45, 2.75) is 84.3 Å². The van der Waals surface area contributed by atoms with Gasteiger partial charge in [0.25, 0.3) is 0 Å². The van der Waals surface area contributed by atoms with Crippen molar-refractivity contribution in [1.82, 2.24) is 10.2 Å². The smallest absolute Gasteiger partial charge is 0.408 e. The number of likely N-dealkylation sites (tertiary alicyclic amines) is 1. The van der Waals surface area contributed by atoms with Gasteiger partial charge in [0.05, 0.1) is 12.2 Å². The van der Waals surface area contributed by atoms with Crippen LogP contribution in [0.3, 0.4) is 0 Å². The zero-order chi connectivity index (χ0) is 21.0. The fourth-order valence-corrected chi connectivity index (χ4v) is 4.80. The van der Waals surface area contributed by atoms with Gasteiger partial charge in [-0.2, -0.15) is 0 Å². The molecular formula is C20H32N2O6. The van der Waals surface area contributed by atoms with Crippen LogP contribution in [-0.4, -0.2) is 64.4 Å². The molecule has 0 aromatic carbocycles. The molecule has 3 aliphatic rings. The van der Waals surface area contributed by atoms with Crippen LogP contribution < -0.4 is 5.32 Å². The third-order valence-corrected chi connectivity index (χ3v) is 5.90. The maximum absolute atomic E-state index is 13.4. The summed E-state index contributed by atoms with van der Waals surface area (Å²) < 4.78 is 11.2. The number of aliphatic carboxylic acids is 1. The van der Waals surface area contributed by atoms with Crippen molar-refractivity contribution in [1.29, 1.82) is 0 Å². The van der Waals surface area contributed by atoms with Gasteiger partial charge in [-0.1, -0.05) is 20.8 Å². The minimum absolute atomic E-state index is 0.0292. The average molecular weight is 396 g/mol. The first-order chi connectivity index (χ1) is 12.8. The van der Waals surface area contributed by atoms with Crippen LogP contribution in [0.5, 0.6) is 0 Å². The number of hydrogen-bond acceptors (Lipinski definition) is 5. The third-order valence-electron chi connectivity index (χ3n) is 5.90. The minimum atomic E-state index is -1.01. The molecule has 3 rings (SSSR count). The maximum atomic E-state index is 13.4. The summed E-state index contributed by atoms with van der Waals surface area (Å²) in [5, 5.41) is 12.5. The highest BCUT2D eigenvalue weighted by molar-refractivity contribution is 5.90. The Morgan fingerprint density at radius 2 is 1.71 bits per heavy atom. The largest absolute Gasteiger partial charge is 0.480 e. The van der Waals surface area contributed by atoms with Gasteiger partial charge in [-0.15, -0.1) is 0 Å². The minimum Gasteiger partial charge on any atom is -0.480 e. The second-order valence-corrected chi connectivity index (χ2v) is 10.3. The highest BCUT2D eigenvalue weighted by Gasteiger charge is 2.61. The molecule has 3 fully saturated rings. The second-order valence-electron chi connectivity index (χ2n) is 10.3. The summed E-state index contributed by atoms with van der Waals surface area (Å²) in [5.41, 5.74) is -1.30. The molecule has 2 bridgehead atoms. The number of alkyl carbamates (subject to hydrolysis) is 1. The summed E-state index contributed by atoms with van der Waals surface area (Å²) in [4.78, 5) is 39.2. The number of carbonyl (C=O) groups excluding carboxylic acids is 2. The Morgan fingerprint density at radius 1 is 1.11 bits per heavy atom. The van der Waals surface area contributed by atoms with Crippen LogP contribution in [0.15, 0.2) is 0 Å². The van der Waals surface area contributed by atoms with E-state index < -0.39 is 35.2 Å². The van der Waals surface area contributed by atoms with Crippen molar-refractivity contribution in [3.8, 4) is 0 Å². The van der Waals surface area contributed by atoms with Crippen LogP contribution in [0.2, 0.25) is 0 Å². The Bertz CT molecular complexity index is 665. The Hall–Kier alpha value is -1.83. The molecule has 0 radical (unpaired) electrons. The Kier molecular flexibility index (Phi) is 5.15.